The third-order valence-corrected chi connectivity index (χ3v) is 2.68. The normalized spacial score (nSPS) is 16.5. The fourth-order valence-electron chi connectivity index (χ4n) is 1.78. The van der Waals surface area contributed by atoms with Gasteiger partial charge in [0.2, 0.25) is 0 Å². The van der Waals surface area contributed by atoms with E-state index in [-0.39, 0.29) is 18.6 Å². The van der Waals surface area contributed by atoms with Crippen LogP contribution in [-0.2, 0) is 0 Å². The maximum Gasteiger partial charge on any atom is 0.0616 e. The van der Waals surface area contributed by atoms with Crippen molar-refractivity contribution in [1.29, 1.82) is 0 Å². The SMILES string of the molecule is CC(O)CC(C)(C)O.CCCC(O)C(CC)CO. The van der Waals surface area contributed by atoms with Crippen LogP contribution < -0.4 is 0 Å². The number of aliphatic hydroxyl groups excluding tert-OH is 3. The molecule has 18 heavy (non-hydrogen) atoms. The fraction of sp³-hybridized carbons (Fsp3) is 1.00. The van der Waals surface area contributed by atoms with Crippen LogP contribution in [0, 0.1) is 5.92 Å². The van der Waals surface area contributed by atoms with Gasteiger partial charge >= 0.3 is 0 Å². The largest absolute Gasteiger partial charge is 0.396 e. The Balaban J connectivity index is 0. The molecule has 0 aliphatic heterocycles. The molecule has 3 unspecified atom stereocenters. The first-order chi connectivity index (χ1) is 8.17. The number of hydrogen-bond donors (Lipinski definition) is 4. The second-order valence-corrected chi connectivity index (χ2v) is 5.57. The smallest absolute Gasteiger partial charge is 0.0616 e. The van der Waals surface area contributed by atoms with Gasteiger partial charge in [0.05, 0.1) is 17.8 Å². The minimum atomic E-state index is -0.728. The van der Waals surface area contributed by atoms with Crippen molar-refractivity contribution in [2.24, 2.45) is 5.92 Å². The molecule has 0 fully saturated rings. The van der Waals surface area contributed by atoms with Gasteiger partial charge in [0.1, 0.15) is 0 Å². The standard InChI is InChI=1S/C8H18O2.C6H14O2/c1-3-5-8(10)7(4-2)6-9;1-5(7)4-6(2,3)8/h7-10H,3-6H2,1-2H3;5,7-8H,4H2,1-3H3. The number of rotatable bonds is 7. The van der Waals surface area contributed by atoms with E-state index in [1.54, 1.807) is 20.8 Å². The lowest BCUT2D eigenvalue weighted by molar-refractivity contribution is 0.0248. The summed E-state index contributed by atoms with van der Waals surface area (Å²) in [6.07, 6.45) is 2.37. The number of hydrogen-bond acceptors (Lipinski definition) is 4. The van der Waals surface area contributed by atoms with Gasteiger partial charge in [0.25, 0.3) is 0 Å². The van der Waals surface area contributed by atoms with Gasteiger partial charge in [0, 0.05) is 18.9 Å². The molecule has 0 aromatic rings. The quantitative estimate of drug-likeness (QED) is 0.564. The van der Waals surface area contributed by atoms with Gasteiger partial charge in [-0.25, -0.2) is 0 Å². The summed E-state index contributed by atoms with van der Waals surface area (Å²) < 4.78 is 0. The highest BCUT2D eigenvalue weighted by molar-refractivity contribution is 4.67. The molecule has 0 saturated carbocycles. The van der Waals surface area contributed by atoms with E-state index >= 15 is 0 Å². The van der Waals surface area contributed by atoms with E-state index in [4.69, 9.17) is 15.3 Å². The lowest BCUT2D eigenvalue weighted by atomic mass is 9.97. The molecule has 4 heteroatoms. The summed E-state index contributed by atoms with van der Waals surface area (Å²) in [6, 6.07) is 0. The summed E-state index contributed by atoms with van der Waals surface area (Å²) in [5.74, 6) is 0.0833. The minimum Gasteiger partial charge on any atom is -0.396 e. The predicted molar refractivity (Wildman–Crippen MR) is 74.4 cm³/mol. The topological polar surface area (TPSA) is 80.9 Å². The molecule has 0 aromatic carbocycles. The van der Waals surface area contributed by atoms with E-state index in [9.17, 15) is 5.11 Å². The summed E-state index contributed by atoms with van der Waals surface area (Å²) in [5, 5.41) is 35.9. The molecule has 0 rings (SSSR count). The summed E-state index contributed by atoms with van der Waals surface area (Å²) in [6.45, 7) is 9.15. The van der Waals surface area contributed by atoms with Crippen LogP contribution in [0.1, 0.15) is 60.3 Å². The second-order valence-electron chi connectivity index (χ2n) is 5.57. The Morgan fingerprint density at radius 1 is 1.11 bits per heavy atom. The first kappa shape index (κ1) is 20.2. The molecule has 3 atom stereocenters. The van der Waals surface area contributed by atoms with E-state index in [1.165, 1.54) is 0 Å². The molecule has 0 aliphatic rings. The summed E-state index contributed by atoms with van der Waals surface area (Å²) >= 11 is 0. The molecule has 0 aromatic heterocycles. The molecule has 0 amide bonds. The third kappa shape index (κ3) is 13.9. The van der Waals surface area contributed by atoms with Gasteiger partial charge < -0.3 is 20.4 Å². The molecule has 0 bridgehead atoms. The maximum absolute atomic E-state index is 9.35. The third-order valence-electron chi connectivity index (χ3n) is 2.68. The van der Waals surface area contributed by atoms with Crippen LogP contribution in [0.3, 0.4) is 0 Å². The van der Waals surface area contributed by atoms with Crippen LogP contribution in [0.15, 0.2) is 0 Å². The lowest BCUT2D eigenvalue weighted by Crippen LogP contribution is -2.24. The van der Waals surface area contributed by atoms with Crippen LogP contribution in [0.5, 0.6) is 0 Å². The van der Waals surface area contributed by atoms with Gasteiger partial charge in [0.15, 0.2) is 0 Å². The number of aliphatic hydroxyl groups is 4. The van der Waals surface area contributed by atoms with Gasteiger partial charge in [-0.2, -0.15) is 0 Å². The Labute approximate surface area is 112 Å². The van der Waals surface area contributed by atoms with Crippen LogP contribution in [0.2, 0.25) is 0 Å². The van der Waals surface area contributed by atoms with E-state index in [0.29, 0.717) is 6.42 Å². The first-order valence-corrected chi connectivity index (χ1v) is 6.87. The van der Waals surface area contributed by atoms with Crippen molar-refractivity contribution >= 4 is 0 Å². The van der Waals surface area contributed by atoms with E-state index in [1.807, 2.05) is 13.8 Å². The molecule has 0 saturated heterocycles. The van der Waals surface area contributed by atoms with Crippen molar-refractivity contribution in [3.8, 4) is 0 Å². The Morgan fingerprint density at radius 3 is 1.78 bits per heavy atom. The van der Waals surface area contributed by atoms with Crippen LogP contribution in [0.4, 0.5) is 0 Å². The lowest BCUT2D eigenvalue weighted by Gasteiger charge is -2.17. The van der Waals surface area contributed by atoms with Crippen LogP contribution in [-0.4, -0.2) is 44.8 Å². The van der Waals surface area contributed by atoms with Gasteiger partial charge in [-0.05, 0) is 33.6 Å². The molecular weight excluding hydrogens is 232 g/mol. The van der Waals surface area contributed by atoms with E-state index < -0.39 is 11.7 Å². The van der Waals surface area contributed by atoms with Crippen LogP contribution >= 0.6 is 0 Å². The fourth-order valence-corrected chi connectivity index (χ4v) is 1.78. The zero-order chi connectivity index (χ0) is 14.8. The molecule has 4 nitrogen and oxygen atoms in total. The zero-order valence-electron chi connectivity index (χ0n) is 12.6. The predicted octanol–water partition coefficient (Wildman–Crippen LogP) is 1.69. The Hall–Kier alpha value is -0.160. The Morgan fingerprint density at radius 2 is 1.61 bits per heavy atom. The zero-order valence-corrected chi connectivity index (χ0v) is 12.6. The minimum absolute atomic E-state index is 0.0833. The summed E-state index contributed by atoms with van der Waals surface area (Å²) in [7, 11) is 0. The Bertz CT molecular complexity index is 171. The molecule has 4 N–H and O–H groups in total. The molecule has 0 radical (unpaired) electrons. The van der Waals surface area contributed by atoms with Crippen molar-refractivity contribution in [3.63, 3.8) is 0 Å². The molecule has 112 valence electrons. The van der Waals surface area contributed by atoms with Crippen molar-refractivity contribution in [2.45, 2.75) is 78.1 Å². The highest BCUT2D eigenvalue weighted by Crippen LogP contribution is 2.12. The highest BCUT2D eigenvalue weighted by atomic mass is 16.3. The van der Waals surface area contributed by atoms with Crippen molar-refractivity contribution in [1.82, 2.24) is 0 Å². The first-order valence-electron chi connectivity index (χ1n) is 6.87. The highest BCUT2D eigenvalue weighted by Gasteiger charge is 2.15. The van der Waals surface area contributed by atoms with Gasteiger partial charge in [-0.15, -0.1) is 0 Å². The van der Waals surface area contributed by atoms with E-state index in [0.717, 1.165) is 19.3 Å². The molecule has 0 spiro atoms. The van der Waals surface area contributed by atoms with E-state index in [2.05, 4.69) is 0 Å². The average Bonchev–Trinajstić information content (AvgIpc) is 2.16. The molecular formula is C14H32O4. The van der Waals surface area contributed by atoms with Gasteiger partial charge in [-0.3, -0.25) is 0 Å². The summed E-state index contributed by atoms with van der Waals surface area (Å²) in [4.78, 5) is 0. The summed E-state index contributed by atoms with van der Waals surface area (Å²) in [5.41, 5.74) is -0.728. The van der Waals surface area contributed by atoms with Crippen molar-refractivity contribution in [2.75, 3.05) is 6.61 Å². The molecule has 0 aliphatic carbocycles. The maximum atomic E-state index is 9.35. The van der Waals surface area contributed by atoms with Crippen LogP contribution in [0.25, 0.3) is 0 Å². The molecule has 0 heterocycles. The second kappa shape index (κ2) is 10.7. The average molecular weight is 264 g/mol. The monoisotopic (exact) mass is 264 g/mol. The Kier molecular flexibility index (Phi) is 12.0. The van der Waals surface area contributed by atoms with Gasteiger partial charge in [-0.1, -0.05) is 20.3 Å². The van der Waals surface area contributed by atoms with Crippen molar-refractivity contribution in [3.05, 3.63) is 0 Å². The van der Waals surface area contributed by atoms with Crippen molar-refractivity contribution < 1.29 is 20.4 Å².